The number of rotatable bonds is 7. The van der Waals surface area contributed by atoms with Crippen LogP contribution in [-0.4, -0.2) is 34.7 Å². The number of anilines is 2. The first-order valence-electron chi connectivity index (χ1n) is 11.6. The lowest BCUT2D eigenvalue weighted by atomic mass is 9.99. The average Bonchev–Trinajstić information content (AvgIpc) is 3.21. The Kier molecular flexibility index (Phi) is 8.08. The van der Waals surface area contributed by atoms with Crippen molar-refractivity contribution in [1.82, 2.24) is 10.0 Å². The second kappa shape index (κ2) is 11.2. The molecule has 1 aromatic heterocycles. The monoisotopic (exact) mass is 530 g/mol. The second-order valence-corrected chi connectivity index (χ2v) is 9.79. The lowest BCUT2D eigenvalue weighted by Gasteiger charge is -2.32. The molecule has 0 aliphatic carbocycles. The van der Waals surface area contributed by atoms with Crippen LogP contribution in [0.25, 0.3) is 0 Å². The van der Waals surface area contributed by atoms with E-state index < -0.39 is 11.8 Å². The number of nitrogens with zero attached hydrogens (tertiary/aromatic N) is 2. The van der Waals surface area contributed by atoms with Gasteiger partial charge in [0.2, 0.25) is 0 Å². The van der Waals surface area contributed by atoms with Crippen molar-refractivity contribution in [3.63, 3.8) is 0 Å². The van der Waals surface area contributed by atoms with Gasteiger partial charge in [0.1, 0.15) is 12.2 Å². The molecule has 2 heterocycles. The molecular weight excluding hydrogens is 503 g/mol. The third-order valence-corrected chi connectivity index (χ3v) is 7.08. The Labute approximate surface area is 219 Å². The van der Waals surface area contributed by atoms with Crippen LogP contribution in [0.2, 0.25) is 10.0 Å². The van der Waals surface area contributed by atoms with Crippen molar-refractivity contribution in [2.45, 2.75) is 26.4 Å². The molecule has 10 heteroatoms. The highest BCUT2D eigenvalue weighted by molar-refractivity contribution is 6.42. The smallest absolute Gasteiger partial charge is 0.279 e. The number of hydrogen-bond donors (Lipinski definition) is 3. The van der Waals surface area contributed by atoms with Crippen molar-refractivity contribution in [3.05, 3.63) is 75.5 Å². The Balaban J connectivity index is 1.53. The van der Waals surface area contributed by atoms with Crippen LogP contribution in [0.1, 0.15) is 46.2 Å². The van der Waals surface area contributed by atoms with Crippen molar-refractivity contribution in [3.8, 4) is 5.75 Å². The minimum Gasteiger partial charge on any atom is -0.486 e. The Morgan fingerprint density at radius 2 is 1.75 bits per heavy atom. The molecule has 1 aliphatic heterocycles. The van der Waals surface area contributed by atoms with Crippen LogP contribution in [0.15, 0.2) is 48.7 Å². The van der Waals surface area contributed by atoms with Gasteiger partial charge in [-0.1, -0.05) is 36.2 Å². The van der Waals surface area contributed by atoms with Crippen molar-refractivity contribution >= 4 is 46.4 Å². The highest BCUT2D eigenvalue weighted by atomic mass is 35.5. The summed E-state index contributed by atoms with van der Waals surface area (Å²) < 4.78 is 7.38. The molecule has 0 spiro atoms. The molecule has 0 bridgehead atoms. The number of piperidine rings is 1. The van der Waals surface area contributed by atoms with Gasteiger partial charge in [-0.25, -0.2) is 5.48 Å². The van der Waals surface area contributed by atoms with Crippen molar-refractivity contribution in [1.29, 1.82) is 0 Å². The number of carbonyl (C=O) groups excluding carboxylic acids is 2. The van der Waals surface area contributed by atoms with Gasteiger partial charge in [0, 0.05) is 37.7 Å². The molecule has 2 amide bonds. The minimum absolute atomic E-state index is 0.0138. The third kappa shape index (κ3) is 5.78. The molecule has 36 heavy (non-hydrogen) atoms. The van der Waals surface area contributed by atoms with Gasteiger partial charge in [-0.15, -0.1) is 0 Å². The van der Waals surface area contributed by atoms with Crippen LogP contribution in [0.4, 0.5) is 11.4 Å². The Morgan fingerprint density at radius 1 is 1.06 bits per heavy atom. The molecule has 1 saturated heterocycles. The third-order valence-electron chi connectivity index (χ3n) is 6.34. The highest BCUT2D eigenvalue weighted by Crippen LogP contribution is 2.30. The van der Waals surface area contributed by atoms with Crippen LogP contribution >= 0.6 is 23.2 Å². The Bertz CT molecular complexity index is 1250. The molecule has 3 aromatic rings. The molecule has 1 aliphatic rings. The van der Waals surface area contributed by atoms with E-state index in [9.17, 15) is 14.8 Å². The molecule has 4 rings (SSSR count). The lowest BCUT2D eigenvalue weighted by Crippen LogP contribution is -2.32. The van der Waals surface area contributed by atoms with Crippen LogP contribution < -0.4 is 20.4 Å². The molecule has 0 atom stereocenters. The quantitative estimate of drug-likeness (QED) is 0.276. The van der Waals surface area contributed by atoms with Crippen LogP contribution in [-0.2, 0) is 13.7 Å². The number of carbonyl (C=O) groups is 2. The van der Waals surface area contributed by atoms with Gasteiger partial charge in [-0.2, -0.15) is 0 Å². The van der Waals surface area contributed by atoms with Crippen molar-refractivity contribution < 1.29 is 19.5 Å². The Morgan fingerprint density at radius 3 is 2.39 bits per heavy atom. The number of hydroxylamine groups is 1. The highest BCUT2D eigenvalue weighted by Gasteiger charge is 2.26. The lowest BCUT2D eigenvalue weighted by molar-refractivity contribution is 0.0702. The van der Waals surface area contributed by atoms with E-state index in [-0.39, 0.29) is 23.6 Å². The number of nitrogens with one attached hydrogen (secondary N) is 2. The summed E-state index contributed by atoms with van der Waals surface area (Å²) in [6.07, 6.45) is 3.76. The molecule has 3 N–H and O–H groups in total. The summed E-state index contributed by atoms with van der Waals surface area (Å²) in [6.45, 7) is 4.34. The van der Waals surface area contributed by atoms with E-state index in [4.69, 9.17) is 27.9 Å². The number of benzene rings is 2. The molecule has 0 unspecified atom stereocenters. The maximum Gasteiger partial charge on any atom is 0.279 e. The SMILES string of the molecule is CC1CCN(c2ccc(NC(=O)c3c(OCc4ccc(Cl)c(Cl)c4)c(C(=O)NO)cn3C)cc2)CC1. The molecule has 190 valence electrons. The van der Waals surface area contributed by atoms with E-state index in [0.717, 1.165) is 24.7 Å². The summed E-state index contributed by atoms with van der Waals surface area (Å²) in [5.41, 5.74) is 4.16. The second-order valence-electron chi connectivity index (χ2n) is 8.98. The molecule has 1 fully saturated rings. The normalized spacial score (nSPS) is 14.0. The first kappa shape index (κ1) is 25.9. The van der Waals surface area contributed by atoms with Gasteiger partial charge in [-0.3, -0.25) is 14.8 Å². The number of halogens is 2. The van der Waals surface area contributed by atoms with Crippen LogP contribution in [0, 0.1) is 5.92 Å². The summed E-state index contributed by atoms with van der Waals surface area (Å²) in [7, 11) is 1.62. The predicted molar refractivity (Wildman–Crippen MR) is 140 cm³/mol. The zero-order valence-corrected chi connectivity index (χ0v) is 21.6. The zero-order chi connectivity index (χ0) is 25.8. The minimum atomic E-state index is -0.797. The largest absolute Gasteiger partial charge is 0.486 e. The van der Waals surface area contributed by atoms with Gasteiger partial charge in [0.15, 0.2) is 11.4 Å². The van der Waals surface area contributed by atoms with Crippen LogP contribution in [0.5, 0.6) is 5.75 Å². The van der Waals surface area contributed by atoms with E-state index in [1.807, 2.05) is 24.3 Å². The van der Waals surface area contributed by atoms with Gasteiger partial charge in [-0.05, 0) is 60.7 Å². The maximum absolute atomic E-state index is 13.3. The van der Waals surface area contributed by atoms with Crippen molar-refractivity contribution in [2.24, 2.45) is 13.0 Å². The van der Waals surface area contributed by atoms with E-state index in [1.165, 1.54) is 23.6 Å². The predicted octanol–water partition coefficient (Wildman–Crippen LogP) is 5.52. The molecule has 0 saturated carbocycles. The summed E-state index contributed by atoms with van der Waals surface area (Å²) in [4.78, 5) is 27.9. The topological polar surface area (TPSA) is 95.8 Å². The summed E-state index contributed by atoms with van der Waals surface area (Å²) >= 11 is 12.1. The van der Waals surface area contributed by atoms with E-state index in [2.05, 4.69) is 17.1 Å². The number of amides is 2. The van der Waals surface area contributed by atoms with Crippen LogP contribution in [0.3, 0.4) is 0 Å². The number of hydrogen-bond acceptors (Lipinski definition) is 5. The summed E-state index contributed by atoms with van der Waals surface area (Å²) in [5, 5.41) is 12.8. The molecule has 2 aromatic carbocycles. The molecular formula is C26H28Cl2N4O4. The van der Waals surface area contributed by atoms with Gasteiger partial charge >= 0.3 is 0 Å². The van der Waals surface area contributed by atoms with E-state index in [0.29, 0.717) is 21.3 Å². The summed E-state index contributed by atoms with van der Waals surface area (Å²) in [6, 6.07) is 12.7. The standard InChI is InChI=1S/C26H28Cl2N4O4/c1-16-9-11-32(12-10-16)19-6-4-18(5-7-19)29-26(34)23-24(20(14-31(23)2)25(33)30-35)36-15-17-3-8-21(27)22(28)13-17/h3-8,13-14,16,35H,9-12,15H2,1-2H3,(H,29,34)(H,30,33). The zero-order valence-electron chi connectivity index (χ0n) is 20.1. The molecule has 0 radical (unpaired) electrons. The van der Waals surface area contributed by atoms with Crippen molar-refractivity contribution in [2.75, 3.05) is 23.3 Å². The Hall–Kier alpha value is -3.20. The van der Waals surface area contributed by atoms with Gasteiger partial charge in [0.05, 0.1) is 10.0 Å². The van der Waals surface area contributed by atoms with E-state index in [1.54, 1.807) is 30.7 Å². The fourth-order valence-electron chi connectivity index (χ4n) is 4.23. The number of aromatic nitrogens is 1. The number of ether oxygens (including phenoxy) is 1. The van der Waals surface area contributed by atoms with Gasteiger partial charge in [0.25, 0.3) is 11.8 Å². The van der Waals surface area contributed by atoms with Gasteiger partial charge < -0.3 is 19.5 Å². The average molecular weight is 531 g/mol. The number of aryl methyl sites for hydroxylation is 1. The summed E-state index contributed by atoms with van der Waals surface area (Å²) in [5.74, 6) is -0.477. The first-order valence-corrected chi connectivity index (χ1v) is 12.4. The first-order chi connectivity index (χ1) is 17.3. The maximum atomic E-state index is 13.3. The fraction of sp³-hybridized carbons (Fsp3) is 0.308. The van der Waals surface area contributed by atoms with E-state index >= 15 is 0 Å². The fourth-order valence-corrected chi connectivity index (χ4v) is 4.55. The molecule has 8 nitrogen and oxygen atoms in total.